The van der Waals surface area contributed by atoms with E-state index < -0.39 is 0 Å². The molecule has 0 saturated heterocycles. The molecule has 0 bridgehead atoms. The van der Waals surface area contributed by atoms with Gasteiger partial charge in [-0.15, -0.1) is 13.1 Å². The van der Waals surface area contributed by atoms with E-state index in [9.17, 15) is 0 Å². The molecule has 0 aromatic rings. The van der Waals surface area contributed by atoms with Crippen LogP contribution < -0.4 is 0 Å². The van der Waals surface area contributed by atoms with Crippen molar-refractivity contribution in [3.8, 4) is 0 Å². The van der Waals surface area contributed by atoms with E-state index in [0.29, 0.717) is 0 Å². The van der Waals surface area contributed by atoms with E-state index in [4.69, 9.17) is 5.32 Å². The van der Waals surface area contributed by atoms with E-state index in [-0.39, 0.29) is 43.2 Å². The van der Waals surface area contributed by atoms with Crippen molar-refractivity contribution in [1.29, 1.82) is 0 Å². The predicted octanol–water partition coefficient (Wildman–Crippen LogP) is 5.97. The van der Waals surface area contributed by atoms with Crippen molar-refractivity contribution in [3.05, 3.63) is 5.32 Å². The van der Waals surface area contributed by atoms with E-state index in [0.717, 1.165) is 35.7 Å². The van der Waals surface area contributed by atoms with Gasteiger partial charge in [0.2, 0.25) is 0 Å². The summed E-state index contributed by atoms with van der Waals surface area (Å²) in [5, 5.41) is 4.83. The van der Waals surface area contributed by atoms with Gasteiger partial charge in [0.1, 0.15) is 0 Å². The van der Waals surface area contributed by atoms with Crippen LogP contribution in [0, 0.1) is 0 Å². The Morgan fingerprint density at radius 1 is 0.583 bits per heavy atom. The first-order chi connectivity index (χ1) is 10.5. The molecule has 152 valence electrons. The van der Waals surface area contributed by atoms with Crippen LogP contribution in [-0.4, -0.2) is 68.0 Å². The van der Waals surface area contributed by atoms with Crippen molar-refractivity contribution in [2.45, 2.75) is 78.0 Å². The molecule has 1 nitrogen and oxygen atoms in total. The zero-order valence-electron chi connectivity index (χ0n) is 18.5. The molecule has 5 heteroatoms. The normalized spacial score (nSPS) is 11.8. The fraction of sp³-hybridized carbons (Fsp3) is 1.00. The Bertz CT molecular complexity index is 218. The van der Waals surface area contributed by atoms with Crippen LogP contribution in [0.3, 0.4) is 0 Å². The van der Waals surface area contributed by atoms with Gasteiger partial charge in [-0.1, -0.05) is 0 Å². The average molecular weight is 487 g/mol. The average Bonchev–Trinajstić information content (AvgIpc) is 2.34. The quantitative estimate of drug-likeness (QED) is 0.205. The Balaban J connectivity index is -0.000000787. The van der Waals surface area contributed by atoms with Gasteiger partial charge in [0.25, 0.3) is 0 Å². The van der Waals surface area contributed by atoms with Crippen molar-refractivity contribution in [1.82, 2.24) is 0 Å². The third-order valence-electron chi connectivity index (χ3n) is 4.08. The van der Waals surface area contributed by atoms with E-state index >= 15 is 0 Å². The van der Waals surface area contributed by atoms with Gasteiger partial charge in [-0.3, -0.25) is 0 Å². The molecule has 0 radical (unpaired) electrons. The fourth-order valence-electron chi connectivity index (χ4n) is 3.02. The van der Waals surface area contributed by atoms with Crippen molar-refractivity contribution in [2.75, 3.05) is 45.4 Å². The van der Waals surface area contributed by atoms with Gasteiger partial charge in [-0.05, 0) is 63.3 Å². The van der Waals surface area contributed by atoms with Crippen LogP contribution in [0.2, 0.25) is 0 Å². The summed E-state index contributed by atoms with van der Waals surface area (Å²) in [7, 11) is -0.273. The third kappa shape index (κ3) is 18.7. The third-order valence-corrected chi connectivity index (χ3v) is 11.6. The summed E-state index contributed by atoms with van der Waals surface area (Å²) < 4.78 is 0. The molecule has 0 aliphatic heterocycles. The van der Waals surface area contributed by atoms with Crippen molar-refractivity contribution in [3.63, 3.8) is 0 Å². The van der Waals surface area contributed by atoms with Gasteiger partial charge in [-0.2, -0.15) is 0 Å². The van der Waals surface area contributed by atoms with Crippen LogP contribution in [-0.2, 0) is 19.5 Å². The van der Waals surface area contributed by atoms with Gasteiger partial charge in [0.15, 0.2) is 0 Å². The second-order valence-corrected chi connectivity index (χ2v) is 19.4. The maximum absolute atomic E-state index is 4.83. The SMILES string of the molecule is CC(C)[PH+](CC[N-]CC[PH+](C(C)C)C(C)C)C(C)C.C[PH+](C)C.[RuH2]. The first-order valence-electron chi connectivity index (χ1n) is 9.61. The van der Waals surface area contributed by atoms with Crippen LogP contribution in [0.25, 0.3) is 5.32 Å². The molecule has 0 aromatic carbocycles. The molecule has 0 amide bonds. The van der Waals surface area contributed by atoms with E-state index in [1.54, 1.807) is 0 Å². The summed E-state index contributed by atoms with van der Waals surface area (Å²) in [6.07, 6.45) is 2.76. The topological polar surface area (TPSA) is 14.1 Å². The van der Waals surface area contributed by atoms with Gasteiger partial charge in [0, 0.05) is 48.2 Å². The molecule has 0 aliphatic rings. The Labute approximate surface area is 171 Å². The molecule has 0 atom stereocenters. The van der Waals surface area contributed by atoms with E-state index in [1.807, 2.05) is 0 Å². The van der Waals surface area contributed by atoms with Crippen molar-refractivity contribution >= 4 is 23.8 Å². The van der Waals surface area contributed by atoms with Gasteiger partial charge >= 0.3 is 19.5 Å². The molecule has 0 spiro atoms. The van der Waals surface area contributed by atoms with Crippen molar-refractivity contribution < 1.29 is 19.5 Å². The summed E-state index contributed by atoms with van der Waals surface area (Å²) in [5.74, 6) is 0. The number of hydrogen-bond donors (Lipinski definition) is 0. The molecule has 0 fully saturated rings. The summed E-state index contributed by atoms with van der Waals surface area (Å²) in [5.41, 5.74) is 3.58. The Hall–Kier alpha value is 1.87. The molecule has 0 heterocycles. The number of nitrogens with zero attached hydrogens (tertiary/aromatic N) is 1. The van der Waals surface area contributed by atoms with Crippen LogP contribution in [0.4, 0.5) is 0 Å². The van der Waals surface area contributed by atoms with E-state index in [1.165, 1.54) is 12.3 Å². The maximum atomic E-state index is 4.83. The summed E-state index contributed by atoms with van der Waals surface area (Å²) in [6, 6.07) is 0. The zero-order chi connectivity index (χ0) is 18.6. The second kappa shape index (κ2) is 18.2. The minimum absolute atomic E-state index is 0. The predicted molar refractivity (Wildman–Crippen MR) is 129 cm³/mol. The second-order valence-electron chi connectivity index (χ2n) is 8.44. The standard InChI is InChI=1S/C16H36NP2.C3H9P.Ru.2H/c1-13(2)18(14(3)4)11-9-17-10-12-19(15(5)6)16(7)8;1-4(2)3;;;/h13-16H,9-12H2,1-8H3;1-3H3;;;/q-1;;;;/p+3. The number of rotatable bonds is 10. The Morgan fingerprint density at radius 3 is 0.958 bits per heavy atom. The van der Waals surface area contributed by atoms with Crippen LogP contribution in [0.5, 0.6) is 0 Å². The summed E-state index contributed by atoms with van der Waals surface area (Å²) in [4.78, 5) is 0. The van der Waals surface area contributed by atoms with E-state index in [2.05, 4.69) is 75.4 Å². The molecule has 0 unspecified atom stereocenters. The molecule has 0 aliphatic carbocycles. The molecule has 0 N–H and O–H groups in total. The van der Waals surface area contributed by atoms with Crippen LogP contribution in [0.15, 0.2) is 0 Å². The molecule has 24 heavy (non-hydrogen) atoms. The zero-order valence-corrected chi connectivity index (χ0v) is 23.5. The van der Waals surface area contributed by atoms with Gasteiger partial charge in [-0.25, -0.2) is 0 Å². The van der Waals surface area contributed by atoms with Crippen LogP contribution in [0.1, 0.15) is 55.4 Å². The first-order valence-corrected chi connectivity index (χ1v) is 16.3. The monoisotopic (exact) mass is 487 g/mol. The van der Waals surface area contributed by atoms with Crippen LogP contribution >= 0.6 is 23.8 Å². The minimum atomic E-state index is -0.197. The number of hydrogen-bond acceptors (Lipinski definition) is 0. The van der Waals surface area contributed by atoms with Crippen molar-refractivity contribution in [2.24, 2.45) is 0 Å². The molecule has 0 aromatic heterocycles. The Morgan fingerprint density at radius 2 is 0.792 bits per heavy atom. The molecule has 0 rings (SSSR count). The Kier molecular flexibility index (Phi) is 23.3. The van der Waals surface area contributed by atoms with Gasteiger partial charge in [0.05, 0.1) is 22.6 Å². The fourth-order valence-corrected chi connectivity index (χ4v) is 8.82. The summed E-state index contributed by atoms with van der Waals surface area (Å²) >= 11 is 0. The van der Waals surface area contributed by atoms with Gasteiger partial charge < -0.3 is 5.32 Å². The molecular formula is C19H50NP3Ru+2. The summed E-state index contributed by atoms with van der Waals surface area (Å²) in [6.45, 7) is 28.2. The first kappa shape index (κ1) is 30.6. The molecular weight excluding hydrogens is 436 g/mol. The molecule has 0 saturated carbocycles.